The van der Waals surface area contributed by atoms with Crippen LogP contribution in [0.25, 0.3) is 10.8 Å². The van der Waals surface area contributed by atoms with Crippen molar-refractivity contribution in [1.29, 1.82) is 0 Å². The first-order valence-electron chi connectivity index (χ1n) is 6.06. The number of aromatic nitrogens is 2. The molecule has 3 aromatic rings. The monoisotopic (exact) mass is 392 g/mol. The molecule has 6 heteroatoms. The molecule has 0 bridgehead atoms. The molecule has 1 aromatic heterocycles. The van der Waals surface area contributed by atoms with Gasteiger partial charge in [-0.3, -0.25) is 0 Å². The fourth-order valence-electron chi connectivity index (χ4n) is 1.90. The molecule has 0 fully saturated rings. The van der Waals surface area contributed by atoms with Gasteiger partial charge in [-0.15, -0.1) is 5.10 Å². The van der Waals surface area contributed by atoms with E-state index in [0.717, 1.165) is 14.3 Å². The van der Waals surface area contributed by atoms with Crippen LogP contribution in [0.15, 0.2) is 48.7 Å². The molecular formula is C15H9IN2O3. The predicted molar refractivity (Wildman–Crippen MR) is 85.7 cm³/mol. The number of fused-ring (bicyclic) bond motifs is 1. The molecular weight excluding hydrogens is 383 g/mol. The maximum Gasteiger partial charge on any atom is 0.335 e. The fourth-order valence-corrected chi connectivity index (χ4v) is 2.34. The molecule has 0 atom stereocenters. The van der Waals surface area contributed by atoms with E-state index < -0.39 is 5.97 Å². The zero-order valence-corrected chi connectivity index (χ0v) is 12.8. The van der Waals surface area contributed by atoms with E-state index in [1.165, 1.54) is 12.1 Å². The van der Waals surface area contributed by atoms with Gasteiger partial charge >= 0.3 is 5.97 Å². The quantitative estimate of drug-likeness (QED) is 0.688. The normalized spacial score (nSPS) is 10.5. The van der Waals surface area contributed by atoms with Crippen molar-refractivity contribution in [1.82, 2.24) is 10.2 Å². The molecule has 104 valence electrons. The van der Waals surface area contributed by atoms with E-state index in [-0.39, 0.29) is 5.56 Å². The number of carbonyl (C=O) groups is 1. The fraction of sp³-hybridized carbons (Fsp3) is 0. The summed E-state index contributed by atoms with van der Waals surface area (Å²) in [6.45, 7) is 0. The first-order valence-corrected chi connectivity index (χ1v) is 7.14. The Kier molecular flexibility index (Phi) is 3.70. The van der Waals surface area contributed by atoms with E-state index in [0.29, 0.717) is 11.6 Å². The van der Waals surface area contributed by atoms with Crippen LogP contribution < -0.4 is 4.74 Å². The predicted octanol–water partition coefficient (Wildman–Crippen LogP) is 3.72. The highest BCUT2D eigenvalue weighted by Gasteiger charge is 2.11. The summed E-state index contributed by atoms with van der Waals surface area (Å²) >= 11 is 2.08. The molecule has 0 aliphatic heterocycles. The summed E-state index contributed by atoms with van der Waals surface area (Å²) in [5.74, 6) is -0.199. The molecule has 3 rings (SSSR count). The third-order valence-corrected chi connectivity index (χ3v) is 3.81. The van der Waals surface area contributed by atoms with Gasteiger partial charge in [0.25, 0.3) is 0 Å². The molecule has 5 nitrogen and oxygen atoms in total. The summed E-state index contributed by atoms with van der Waals surface area (Å²) in [7, 11) is 0. The lowest BCUT2D eigenvalue weighted by molar-refractivity contribution is 0.0696. The molecule has 0 radical (unpaired) electrons. The van der Waals surface area contributed by atoms with E-state index in [1.807, 2.05) is 24.3 Å². The number of hydrogen-bond donors (Lipinski definition) is 1. The summed E-state index contributed by atoms with van der Waals surface area (Å²) in [6, 6.07) is 12.3. The molecule has 21 heavy (non-hydrogen) atoms. The Bertz CT molecular complexity index is 831. The molecule has 1 heterocycles. The van der Waals surface area contributed by atoms with E-state index >= 15 is 0 Å². The van der Waals surface area contributed by atoms with Crippen LogP contribution in [-0.2, 0) is 0 Å². The van der Waals surface area contributed by atoms with Crippen LogP contribution in [0.2, 0.25) is 0 Å². The average molecular weight is 392 g/mol. The minimum Gasteiger partial charge on any atom is -0.478 e. The first kappa shape index (κ1) is 13.7. The second-order valence-electron chi connectivity index (χ2n) is 4.29. The molecule has 1 N–H and O–H groups in total. The highest BCUT2D eigenvalue weighted by Crippen LogP contribution is 2.30. The lowest BCUT2D eigenvalue weighted by Crippen LogP contribution is -1.99. The van der Waals surface area contributed by atoms with Crippen LogP contribution >= 0.6 is 22.6 Å². The van der Waals surface area contributed by atoms with Gasteiger partial charge in [-0.2, -0.15) is 5.10 Å². The smallest absolute Gasteiger partial charge is 0.335 e. The van der Waals surface area contributed by atoms with Crippen LogP contribution in [0.5, 0.6) is 11.6 Å². The summed E-state index contributed by atoms with van der Waals surface area (Å²) in [6.07, 6.45) is 1.65. The lowest BCUT2D eigenvalue weighted by atomic mass is 10.2. The van der Waals surface area contributed by atoms with Crippen molar-refractivity contribution in [3.8, 4) is 11.6 Å². The molecule has 0 spiro atoms. The molecule has 0 amide bonds. The van der Waals surface area contributed by atoms with E-state index in [2.05, 4.69) is 32.8 Å². The average Bonchev–Trinajstić information content (AvgIpc) is 2.49. The van der Waals surface area contributed by atoms with Crippen molar-refractivity contribution in [2.75, 3.05) is 0 Å². The highest BCUT2D eigenvalue weighted by molar-refractivity contribution is 14.1. The van der Waals surface area contributed by atoms with Gasteiger partial charge in [-0.25, -0.2) is 4.79 Å². The Morgan fingerprint density at radius 2 is 2.00 bits per heavy atom. The Balaban J connectivity index is 2.06. The Morgan fingerprint density at radius 3 is 2.81 bits per heavy atom. The molecule has 2 aromatic carbocycles. The number of nitrogens with zero attached hydrogens (tertiary/aromatic N) is 2. The van der Waals surface area contributed by atoms with E-state index in [4.69, 9.17) is 9.84 Å². The van der Waals surface area contributed by atoms with Crippen LogP contribution in [0.4, 0.5) is 0 Å². The molecule has 0 saturated heterocycles. The van der Waals surface area contributed by atoms with Crippen LogP contribution in [0, 0.1) is 3.57 Å². The number of benzene rings is 2. The van der Waals surface area contributed by atoms with Crippen molar-refractivity contribution in [2.45, 2.75) is 0 Å². The molecule has 0 saturated carbocycles. The molecule has 0 aliphatic carbocycles. The van der Waals surface area contributed by atoms with Gasteiger partial charge in [-0.05, 0) is 46.9 Å². The number of aromatic carboxylic acids is 1. The second kappa shape index (κ2) is 5.65. The Labute approximate surface area is 133 Å². The number of carboxylic acid groups (broad SMARTS) is 1. The van der Waals surface area contributed by atoms with Crippen molar-refractivity contribution in [3.63, 3.8) is 0 Å². The highest BCUT2D eigenvalue weighted by atomic mass is 127. The Morgan fingerprint density at radius 1 is 1.19 bits per heavy atom. The van der Waals surface area contributed by atoms with Crippen LogP contribution in [-0.4, -0.2) is 21.3 Å². The van der Waals surface area contributed by atoms with E-state index in [9.17, 15) is 4.79 Å². The van der Waals surface area contributed by atoms with Crippen molar-refractivity contribution in [3.05, 3.63) is 57.8 Å². The standard InChI is InChI=1S/C15H9IN2O3/c16-12-6-5-9(15(19)20)7-13(12)21-14-11-4-2-1-3-10(11)8-17-18-14/h1-8H,(H,19,20). The number of rotatable bonds is 3. The number of halogens is 1. The van der Waals surface area contributed by atoms with Gasteiger partial charge in [0.1, 0.15) is 5.75 Å². The summed E-state index contributed by atoms with van der Waals surface area (Å²) < 4.78 is 6.57. The summed E-state index contributed by atoms with van der Waals surface area (Å²) in [5.41, 5.74) is 0.165. The SMILES string of the molecule is O=C(O)c1ccc(I)c(Oc2nncc3ccccc23)c1. The summed E-state index contributed by atoms with van der Waals surface area (Å²) in [5, 5.41) is 18.7. The maximum atomic E-state index is 11.0. The van der Waals surface area contributed by atoms with Gasteiger partial charge in [0.05, 0.1) is 15.3 Å². The molecule has 0 unspecified atom stereocenters. The number of ether oxygens (including phenoxy) is 1. The second-order valence-corrected chi connectivity index (χ2v) is 5.45. The third kappa shape index (κ3) is 2.80. The minimum absolute atomic E-state index is 0.165. The van der Waals surface area contributed by atoms with Crippen LogP contribution in [0.1, 0.15) is 10.4 Å². The van der Waals surface area contributed by atoms with Crippen molar-refractivity contribution >= 4 is 39.3 Å². The van der Waals surface area contributed by atoms with Gasteiger partial charge in [0.15, 0.2) is 0 Å². The van der Waals surface area contributed by atoms with Gasteiger partial charge in [0.2, 0.25) is 5.88 Å². The van der Waals surface area contributed by atoms with Gasteiger partial charge in [0, 0.05) is 10.8 Å². The zero-order chi connectivity index (χ0) is 14.8. The minimum atomic E-state index is -1.000. The van der Waals surface area contributed by atoms with Gasteiger partial charge in [-0.1, -0.05) is 18.2 Å². The molecule has 0 aliphatic rings. The lowest BCUT2D eigenvalue weighted by Gasteiger charge is -2.09. The maximum absolute atomic E-state index is 11.0. The third-order valence-electron chi connectivity index (χ3n) is 2.92. The van der Waals surface area contributed by atoms with Crippen LogP contribution in [0.3, 0.4) is 0 Å². The largest absolute Gasteiger partial charge is 0.478 e. The zero-order valence-electron chi connectivity index (χ0n) is 10.7. The van der Waals surface area contributed by atoms with E-state index in [1.54, 1.807) is 12.3 Å². The van der Waals surface area contributed by atoms with Crippen molar-refractivity contribution < 1.29 is 14.6 Å². The number of carboxylic acids is 1. The summed E-state index contributed by atoms with van der Waals surface area (Å²) in [4.78, 5) is 11.0. The first-order chi connectivity index (χ1) is 10.1. The number of hydrogen-bond acceptors (Lipinski definition) is 4. The van der Waals surface area contributed by atoms with Gasteiger partial charge < -0.3 is 9.84 Å². The topological polar surface area (TPSA) is 72.3 Å². The Hall–Kier alpha value is -2.22. The van der Waals surface area contributed by atoms with Crippen molar-refractivity contribution in [2.24, 2.45) is 0 Å².